The molecule has 0 spiro atoms. The number of hydrogen-bond acceptors (Lipinski definition) is 3. The lowest BCUT2D eigenvalue weighted by Gasteiger charge is -2.44. The number of carbonyl (C=O) groups excluding carboxylic acids is 2. The molecule has 31 heavy (non-hydrogen) atoms. The molecule has 0 unspecified atom stereocenters. The lowest BCUT2D eigenvalue weighted by Crippen LogP contribution is -2.64. The van der Waals surface area contributed by atoms with Gasteiger partial charge in [-0.25, -0.2) is 0 Å². The van der Waals surface area contributed by atoms with Crippen molar-refractivity contribution >= 4 is 22.9 Å². The zero-order valence-corrected chi connectivity index (χ0v) is 18.2. The first kappa shape index (κ1) is 19.9. The molecule has 2 aromatic heterocycles. The van der Waals surface area contributed by atoms with Gasteiger partial charge in [-0.2, -0.15) is 0 Å². The Labute approximate surface area is 182 Å². The molecule has 1 N–H and O–H groups in total. The van der Waals surface area contributed by atoms with Crippen molar-refractivity contribution in [2.24, 2.45) is 0 Å². The van der Waals surface area contributed by atoms with Crippen molar-refractivity contribution in [2.75, 3.05) is 0 Å². The first-order valence-corrected chi connectivity index (χ1v) is 11.2. The van der Waals surface area contributed by atoms with E-state index < -0.39 is 5.54 Å². The number of hydrogen-bond donors (Lipinski definition) is 1. The fourth-order valence-electron chi connectivity index (χ4n) is 4.98. The van der Waals surface area contributed by atoms with E-state index in [1.54, 1.807) is 17.2 Å². The van der Waals surface area contributed by atoms with Crippen molar-refractivity contribution in [2.45, 2.75) is 70.6 Å². The molecular formula is C25H29N3O3. The highest BCUT2D eigenvalue weighted by molar-refractivity contribution is 6.02. The van der Waals surface area contributed by atoms with Crippen molar-refractivity contribution in [1.82, 2.24) is 14.8 Å². The van der Waals surface area contributed by atoms with E-state index in [-0.39, 0.29) is 17.9 Å². The van der Waals surface area contributed by atoms with Crippen LogP contribution in [0.15, 0.2) is 47.1 Å². The minimum absolute atomic E-state index is 0.0733. The molecule has 3 aromatic rings. The third-order valence-electron chi connectivity index (χ3n) is 6.94. The molecule has 5 rings (SSSR count). The zero-order chi connectivity index (χ0) is 21.6. The van der Waals surface area contributed by atoms with Crippen LogP contribution in [0.4, 0.5) is 0 Å². The van der Waals surface area contributed by atoms with Gasteiger partial charge in [-0.1, -0.05) is 49.1 Å². The van der Waals surface area contributed by atoms with Crippen LogP contribution < -0.4 is 5.32 Å². The van der Waals surface area contributed by atoms with Gasteiger partial charge in [0.05, 0.1) is 18.3 Å². The van der Waals surface area contributed by atoms with Crippen LogP contribution in [-0.2, 0) is 17.9 Å². The number of carbonyl (C=O) groups is 2. The molecule has 1 saturated carbocycles. The van der Waals surface area contributed by atoms with Gasteiger partial charge in [0.15, 0.2) is 5.58 Å². The van der Waals surface area contributed by atoms with Gasteiger partial charge in [-0.15, -0.1) is 0 Å². The Kier molecular flexibility index (Phi) is 4.88. The number of aryl methyl sites for hydroxylation is 1. The zero-order valence-electron chi connectivity index (χ0n) is 18.2. The number of rotatable bonds is 4. The highest BCUT2D eigenvalue weighted by Crippen LogP contribution is 2.34. The average Bonchev–Trinajstić information content (AvgIpc) is 3.36. The molecule has 0 radical (unpaired) electrons. The van der Waals surface area contributed by atoms with E-state index in [9.17, 15) is 9.59 Å². The number of amides is 2. The number of fused-ring (bicyclic) bond motifs is 3. The fourth-order valence-corrected chi connectivity index (χ4v) is 4.98. The van der Waals surface area contributed by atoms with E-state index in [2.05, 4.69) is 5.32 Å². The second-order valence-corrected chi connectivity index (χ2v) is 9.24. The molecule has 1 aliphatic carbocycles. The Balaban J connectivity index is 1.52. The number of aromatic nitrogens is 1. The van der Waals surface area contributed by atoms with Gasteiger partial charge < -0.3 is 19.2 Å². The van der Waals surface area contributed by atoms with Crippen LogP contribution in [0.5, 0.6) is 0 Å². The predicted octanol–water partition coefficient (Wildman–Crippen LogP) is 4.41. The quantitative estimate of drug-likeness (QED) is 0.681. The normalized spacial score (nSPS) is 22.0. The Hall–Kier alpha value is -3.02. The molecule has 162 valence electrons. The third kappa shape index (κ3) is 3.44. The summed E-state index contributed by atoms with van der Waals surface area (Å²) in [5.74, 6) is -0.213. The topological polar surface area (TPSA) is 67.5 Å². The number of furan rings is 1. The Morgan fingerprint density at radius 3 is 2.65 bits per heavy atom. The maximum atomic E-state index is 13.7. The van der Waals surface area contributed by atoms with Crippen LogP contribution in [0, 0.1) is 6.92 Å². The molecule has 2 aliphatic rings. The van der Waals surface area contributed by atoms with Crippen molar-refractivity contribution in [3.63, 3.8) is 0 Å². The second kappa shape index (κ2) is 7.59. The SMILES string of the molecule is Cc1ccc(CN2C(=O)c3cc4occc4n3C[C@]2(C)C(=O)NC2CCCCC2)cc1. The first-order valence-electron chi connectivity index (χ1n) is 11.2. The summed E-state index contributed by atoms with van der Waals surface area (Å²) in [4.78, 5) is 29.0. The van der Waals surface area contributed by atoms with Crippen molar-refractivity contribution in [3.05, 3.63) is 59.5 Å². The van der Waals surface area contributed by atoms with Gasteiger partial charge in [-0.05, 0) is 32.3 Å². The van der Waals surface area contributed by atoms with E-state index in [4.69, 9.17) is 4.42 Å². The average molecular weight is 420 g/mol. The minimum atomic E-state index is -0.990. The molecule has 1 atom stereocenters. The number of nitrogens with one attached hydrogen (secondary N) is 1. The van der Waals surface area contributed by atoms with Crippen LogP contribution >= 0.6 is 0 Å². The van der Waals surface area contributed by atoms with Crippen molar-refractivity contribution in [3.8, 4) is 0 Å². The highest BCUT2D eigenvalue weighted by atomic mass is 16.3. The molecule has 2 amide bonds. The lowest BCUT2D eigenvalue weighted by atomic mass is 9.91. The lowest BCUT2D eigenvalue weighted by molar-refractivity contribution is -0.134. The van der Waals surface area contributed by atoms with E-state index in [1.807, 2.05) is 48.7 Å². The van der Waals surface area contributed by atoms with Gasteiger partial charge in [0.2, 0.25) is 5.91 Å². The molecular weight excluding hydrogens is 390 g/mol. The summed E-state index contributed by atoms with van der Waals surface area (Å²) in [5, 5.41) is 3.27. The van der Waals surface area contributed by atoms with E-state index in [0.29, 0.717) is 24.4 Å². The molecule has 6 nitrogen and oxygen atoms in total. The van der Waals surface area contributed by atoms with Gasteiger partial charge in [0.1, 0.15) is 11.2 Å². The van der Waals surface area contributed by atoms with Crippen LogP contribution in [-0.4, -0.2) is 32.9 Å². The number of benzene rings is 1. The molecule has 3 heterocycles. The molecule has 0 saturated heterocycles. The summed E-state index contributed by atoms with van der Waals surface area (Å²) >= 11 is 0. The second-order valence-electron chi connectivity index (χ2n) is 9.24. The van der Waals surface area contributed by atoms with Gasteiger partial charge in [0.25, 0.3) is 5.91 Å². The summed E-state index contributed by atoms with van der Waals surface area (Å²) in [6.45, 7) is 4.73. The monoisotopic (exact) mass is 419 g/mol. The predicted molar refractivity (Wildman–Crippen MR) is 119 cm³/mol. The molecule has 1 aliphatic heterocycles. The van der Waals surface area contributed by atoms with Crippen molar-refractivity contribution < 1.29 is 14.0 Å². The maximum absolute atomic E-state index is 13.7. The van der Waals surface area contributed by atoms with Crippen LogP contribution in [0.2, 0.25) is 0 Å². The summed E-state index contributed by atoms with van der Waals surface area (Å²) in [6.07, 6.45) is 7.16. The van der Waals surface area contributed by atoms with Gasteiger partial charge in [0, 0.05) is 24.7 Å². The summed E-state index contributed by atoms with van der Waals surface area (Å²) in [7, 11) is 0. The fraction of sp³-hybridized carbons (Fsp3) is 0.440. The van der Waals surface area contributed by atoms with E-state index >= 15 is 0 Å². The van der Waals surface area contributed by atoms with Crippen LogP contribution in [0.25, 0.3) is 11.1 Å². The highest BCUT2D eigenvalue weighted by Gasteiger charge is 2.48. The summed E-state index contributed by atoms with van der Waals surface area (Å²) in [6, 6.07) is 12.0. The third-order valence-corrected chi connectivity index (χ3v) is 6.94. The maximum Gasteiger partial charge on any atom is 0.271 e. The molecule has 0 bridgehead atoms. The van der Waals surface area contributed by atoms with Crippen LogP contribution in [0.3, 0.4) is 0 Å². The van der Waals surface area contributed by atoms with Gasteiger partial charge >= 0.3 is 0 Å². The standard InChI is InChI=1S/C25H29N3O3/c1-17-8-10-18(11-9-17)15-28-23(29)21-14-22-20(12-13-31-22)27(21)16-25(28,2)24(30)26-19-6-4-3-5-7-19/h8-14,19H,3-7,15-16H2,1-2H3,(H,26,30)/t25-/m1/s1. The molecule has 6 heteroatoms. The van der Waals surface area contributed by atoms with Gasteiger partial charge in [-0.3, -0.25) is 9.59 Å². The van der Waals surface area contributed by atoms with E-state index in [1.165, 1.54) is 12.0 Å². The molecule has 1 aromatic carbocycles. The largest absolute Gasteiger partial charge is 0.463 e. The van der Waals surface area contributed by atoms with E-state index in [0.717, 1.165) is 36.8 Å². The Morgan fingerprint density at radius 1 is 1.16 bits per heavy atom. The first-order chi connectivity index (χ1) is 15.0. The smallest absolute Gasteiger partial charge is 0.271 e. The van der Waals surface area contributed by atoms with Crippen LogP contribution in [0.1, 0.15) is 60.6 Å². The minimum Gasteiger partial charge on any atom is -0.463 e. The number of nitrogens with zero attached hydrogens (tertiary/aromatic N) is 2. The Bertz CT molecular complexity index is 1120. The summed E-state index contributed by atoms with van der Waals surface area (Å²) < 4.78 is 7.48. The summed E-state index contributed by atoms with van der Waals surface area (Å²) in [5.41, 5.74) is 3.30. The van der Waals surface area contributed by atoms with Crippen molar-refractivity contribution in [1.29, 1.82) is 0 Å². The Morgan fingerprint density at radius 2 is 1.90 bits per heavy atom. The molecule has 1 fully saturated rings.